The molecule has 0 aliphatic heterocycles. The summed E-state index contributed by atoms with van der Waals surface area (Å²) >= 11 is 0. The van der Waals surface area contributed by atoms with E-state index in [1.54, 1.807) is 19.2 Å². The van der Waals surface area contributed by atoms with Crippen LogP contribution in [-0.4, -0.2) is 37.4 Å². The second-order valence-corrected chi connectivity index (χ2v) is 4.24. The number of nitrogens with zero attached hydrogens (tertiary/aromatic N) is 1. The van der Waals surface area contributed by atoms with Crippen molar-refractivity contribution < 1.29 is 14.6 Å². The Balaban J connectivity index is 2.25. The Hall–Kier alpha value is -1.55. The quantitative estimate of drug-likeness (QED) is 0.819. The standard InChI is InChI=1S/C13H17NO3/c1-17-9-8-14(10-6-7-10)12-5-3-2-4-11(12)13(15)16/h2-5,10H,6-9H2,1H3,(H,15,16). The number of benzene rings is 1. The van der Waals surface area contributed by atoms with Gasteiger partial charge in [-0.05, 0) is 25.0 Å². The molecule has 1 aliphatic carbocycles. The fourth-order valence-electron chi connectivity index (χ4n) is 1.98. The first-order valence-corrected chi connectivity index (χ1v) is 5.82. The third-order valence-electron chi connectivity index (χ3n) is 2.97. The lowest BCUT2D eigenvalue weighted by molar-refractivity contribution is 0.0697. The summed E-state index contributed by atoms with van der Waals surface area (Å²) in [7, 11) is 1.66. The van der Waals surface area contributed by atoms with Crippen molar-refractivity contribution in [1.82, 2.24) is 0 Å². The van der Waals surface area contributed by atoms with Crippen LogP contribution in [0.15, 0.2) is 24.3 Å². The van der Waals surface area contributed by atoms with Crippen LogP contribution in [0.5, 0.6) is 0 Å². The van der Waals surface area contributed by atoms with Crippen molar-refractivity contribution in [2.45, 2.75) is 18.9 Å². The molecule has 0 bridgehead atoms. The fourth-order valence-corrected chi connectivity index (χ4v) is 1.98. The second-order valence-electron chi connectivity index (χ2n) is 4.24. The number of hydrogen-bond donors (Lipinski definition) is 1. The van der Waals surface area contributed by atoms with Gasteiger partial charge in [-0.1, -0.05) is 12.1 Å². The van der Waals surface area contributed by atoms with E-state index in [1.807, 2.05) is 12.1 Å². The Kier molecular flexibility index (Phi) is 3.64. The summed E-state index contributed by atoms with van der Waals surface area (Å²) in [5.74, 6) is -0.872. The first-order valence-electron chi connectivity index (χ1n) is 5.82. The molecule has 0 aromatic heterocycles. The number of methoxy groups -OCH3 is 1. The largest absolute Gasteiger partial charge is 0.478 e. The van der Waals surface area contributed by atoms with Gasteiger partial charge in [0.1, 0.15) is 0 Å². The van der Waals surface area contributed by atoms with Crippen molar-refractivity contribution in [1.29, 1.82) is 0 Å². The summed E-state index contributed by atoms with van der Waals surface area (Å²) in [6, 6.07) is 7.64. The summed E-state index contributed by atoms with van der Waals surface area (Å²) in [6.45, 7) is 1.36. The molecule has 4 heteroatoms. The molecule has 1 aromatic rings. The van der Waals surface area contributed by atoms with Crippen molar-refractivity contribution in [3.05, 3.63) is 29.8 Å². The number of hydrogen-bond acceptors (Lipinski definition) is 3. The fraction of sp³-hybridized carbons (Fsp3) is 0.462. The number of anilines is 1. The molecule has 0 amide bonds. The van der Waals surface area contributed by atoms with E-state index in [9.17, 15) is 9.90 Å². The topological polar surface area (TPSA) is 49.8 Å². The van der Waals surface area contributed by atoms with E-state index in [1.165, 1.54) is 0 Å². The number of carbonyl (C=O) groups is 1. The number of aromatic carboxylic acids is 1. The highest BCUT2D eigenvalue weighted by atomic mass is 16.5. The van der Waals surface area contributed by atoms with E-state index in [0.29, 0.717) is 18.2 Å². The molecular formula is C13H17NO3. The van der Waals surface area contributed by atoms with Gasteiger partial charge >= 0.3 is 5.97 Å². The third kappa shape index (κ3) is 2.77. The molecule has 2 rings (SSSR count). The zero-order chi connectivity index (χ0) is 12.3. The summed E-state index contributed by atoms with van der Waals surface area (Å²) in [5, 5.41) is 9.18. The molecule has 0 saturated heterocycles. The molecule has 1 saturated carbocycles. The van der Waals surface area contributed by atoms with Crippen molar-refractivity contribution in [2.75, 3.05) is 25.2 Å². The van der Waals surface area contributed by atoms with Crippen LogP contribution in [0.4, 0.5) is 5.69 Å². The Labute approximate surface area is 101 Å². The average Bonchev–Trinajstić information content (AvgIpc) is 3.14. The Bertz CT molecular complexity index is 401. The number of carboxylic acid groups (broad SMARTS) is 1. The summed E-state index contributed by atoms with van der Waals surface area (Å²) in [4.78, 5) is 13.3. The van der Waals surface area contributed by atoms with Crippen LogP contribution in [0.1, 0.15) is 23.2 Å². The zero-order valence-corrected chi connectivity index (χ0v) is 9.93. The summed E-state index contributed by atoms with van der Waals surface area (Å²) in [5.41, 5.74) is 1.18. The molecule has 1 fully saturated rings. The summed E-state index contributed by atoms with van der Waals surface area (Å²) < 4.78 is 5.08. The minimum Gasteiger partial charge on any atom is -0.478 e. The minimum absolute atomic E-state index is 0.371. The van der Waals surface area contributed by atoms with E-state index < -0.39 is 5.97 Å². The predicted octanol–water partition coefficient (Wildman–Crippen LogP) is 2.00. The maximum Gasteiger partial charge on any atom is 0.337 e. The van der Waals surface area contributed by atoms with E-state index in [-0.39, 0.29) is 0 Å². The van der Waals surface area contributed by atoms with E-state index >= 15 is 0 Å². The van der Waals surface area contributed by atoms with Crippen LogP contribution in [0.25, 0.3) is 0 Å². The highest BCUT2D eigenvalue weighted by Crippen LogP contribution is 2.33. The lowest BCUT2D eigenvalue weighted by Gasteiger charge is -2.25. The van der Waals surface area contributed by atoms with Crippen LogP contribution in [0.3, 0.4) is 0 Å². The molecule has 0 unspecified atom stereocenters. The average molecular weight is 235 g/mol. The van der Waals surface area contributed by atoms with Crippen molar-refractivity contribution in [2.24, 2.45) is 0 Å². The Morgan fingerprint density at radius 1 is 1.47 bits per heavy atom. The van der Waals surface area contributed by atoms with Crippen LogP contribution < -0.4 is 4.90 Å². The van der Waals surface area contributed by atoms with Gasteiger partial charge in [0.2, 0.25) is 0 Å². The number of para-hydroxylation sites is 1. The highest BCUT2D eigenvalue weighted by Gasteiger charge is 2.30. The molecule has 1 aliphatic rings. The SMILES string of the molecule is COCCN(c1ccccc1C(=O)O)C1CC1. The monoisotopic (exact) mass is 235 g/mol. The van der Waals surface area contributed by atoms with Gasteiger partial charge in [0.15, 0.2) is 0 Å². The molecule has 0 atom stereocenters. The lowest BCUT2D eigenvalue weighted by Crippen LogP contribution is -2.30. The van der Waals surface area contributed by atoms with Crippen LogP contribution in [0, 0.1) is 0 Å². The molecule has 1 aromatic carbocycles. The van der Waals surface area contributed by atoms with Gasteiger partial charge in [-0.15, -0.1) is 0 Å². The van der Waals surface area contributed by atoms with E-state index in [4.69, 9.17) is 4.74 Å². The highest BCUT2D eigenvalue weighted by molar-refractivity contribution is 5.94. The number of carboxylic acids is 1. The van der Waals surface area contributed by atoms with Gasteiger partial charge in [0.25, 0.3) is 0 Å². The Morgan fingerprint density at radius 3 is 2.76 bits per heavy atom. The first-order chi connectivity index (χ1) is 8.24. The minimum atomic E-state index is -0.872. The molecule has 92 valence electrons. The van der Waals surface area contributed by atoms with E-state index in [2.05, 4.69) is 4.90 Å². The normalized spacial score (nSPS) is 14.6. The number of ether oxygens (including phenoxy) is 1. The molecule has 0 heterocycles. The van der Waals surface area contributed by atoms with Crippen molar-refractivity contribution in [3.8, 4) is 0 Å². The predicted molar refractivity (Wildman–Crippen MR) is 65.6 cm³/mol. The molecule has 1 N–H and O–H groups in total. The van der Waals surface area contributed by atoms with Gasteiger partial charge in [-0.25, -0.2) is 4.79 Å². The smallest absolute Gasteiger partial charge is 0.337 e. The Morgan fingerprint density at radius 2 is 2.18 bits per heavy atom. The van der Waals surface area contributed by atoms with Crippen LogP contribution in [-0.2, 0) is 4.74 Å². The van der Waals surface area contributed by atoms with Crippen molar-refractivity contribution in [3.63, 3.8) is 0 Å². The van der Waals surface area contributed by atoms with Crippen LogP contribution in [0.2, 0.25) is 0 Å². The maximum atomic E-state index is 11.2. The van der Waals surface area contributed by atoms with Crippen LogP contribution >= 0.6 is 0 Å². The third-order valence-corrected chi connectivity index (χ3v) is 2.97. The van der Waals surface area contributed by atoms with Gasteiger partial charge in [-0.2, -0.15) is 0 Å². The maximum absolute atomic E-state index is 11.2. The van der Waals surface area contributed by atoms with Gasteiger partial charge in [-0.3, -0.25) is 0 Å². The molecule has 0 radical (unpaired) electrons. The molecular weight excluding hydrogens is 218 g/mol. The zero-order valence-electron chi connectivity index (χ0n) is 9.93. The molecule has 4 nitrogen and oxygen atoms in total. The molecule has 17 heavy (non-hydrogen) atoms. The van der Waals surface area contributed by atoms with Gasteiger partial charge in [0, 0.05) is 19.7 Å². The van der Waals surface area contributed by atoms with Gasteiger partial charge in [0.05, 0.1) is 17.9 Å². The first kappa shape index (κ1) is 11.9. The molecule has 0 spiro atoms. The number of rotatable bonds is 6. The second kappa shape index (κ2) is 5.19. The lowest BCUT2D eigenvalue weighted by atomic mass is 10.1. The van der Waals surface area contributed by atoms with E-state index in [0.717, 1.165) is 25.1 Å². The summed E-state index contributed by atoms with van der Waals surface area (Å²) in [6.07, 6.45) is 2.27. The van der Waals surface area contributed by atoms with Crippen molar-refractivity contribution >= 4 is 11.7 Å². The van der Waals surface area contributed by atoms with Gasteiger partial charge < -0.3 is 14.7 Å².